The van der Waals surface area contributed by atoms with Crippen molar-refractivity contribution >= 4 is 23.2 Å². The third-order valence-corrected chi connectivity index (χ3v) is 3.66. The maximum Gasteiger partial charge on any atom is 0.180 e. The average molecular weight is 295 g/mol. The van der Waals surface area contributed by atoms with Crippen molar-refractivity contribution in [1.82, 2.24) is 20.3 Å². The van der Waals surface area contributed by atoms with Gasteiger partial charge in [-0.15, -0.1) is 0 Å². The Labute approximate surface area is 121 Å². The molecular weight excluding hydrogens is 283 g/mol. The van der Waals surface area contributed by atoms with Gasteiger partial charge in [0.15, 0.2) is 5.82 Å². The molecule has 0 fully saturated rings. The highest BCUT2D eigenvalue weighted by Gasteiger charge is 2.17. The van der Waals surface area contributed by atoms with Gasteiger partial charge in [0.2, 0.25) is 0 Å². The molecule has 0 saturated heterocycles. The van der Waals surface area contributed by atoms with Crippen molar-refractivity contribution in [2.24, 2.45) is 0 Å². The Hall–Kier alpha value is -1.23. The number of aryl methyl sites for hydroxylation is 1. The van der Waals surface area contributed by atoms with E-state index in [0.29, 0.717) is 21.6 Å². The molecule has 1 aliphatic rings. The minimum Gasteiger partial charge on any atom is -0.311 e. The molecule has 0 atom stereocenters. The van der Waals surface area contributed by atoms with E-state index in [4.69, 9.17) is 23.2 Å². The van der Waals surface area contributed by atoms with E-state index in [0.717, 1.165) is 30.9 Å². The van der Waals surface area contributed by atoms with E-state index >= 15 is 0 Å². The lowest BCUT2D eigenvalue weighted by molar-refractivity contribution is 0.620. The van der Waals surface area contributed by atoms with Crippen LogP contribution in [0.3, 0.4) is 0 Å². The number of hydrogen-bond acceptors (Lipinski definition) is 4. The molecule has 6 heteroatoms. The summed E-state index contributed by atoms with van der Waals surface area (Å²) < 4.78 is 0. The van der Waals surface area contributed by atoms with Crippen LogP contribution in [-0.2, 0) is 13.0 Å². The van der Waals surface area contributed by atoms with Gasteiger partial charge >= 0.3 is 0 Å². The maximum atomic E-state index is 6.16. The Bertz CT molecular complexity index is 643. The molecule has 0 saturated carbocycles. The molecule has 0 unspecified atom stereocenters. The first-order valence-electron chi connectivity index (χ1n) is 6.03. The van der Waals surface area contributed by atoms with Crippen molar-refractivity contribution in [2.75, 3.05) is 6.54 Å². The summed E-state index contributed by atoms with van der Waals surface area (Å²) >= 11 is 12.0. The molecule has 3 heterocycles. The largest absolute Gasteiger partial charge is 0.311 e. The van der Waals surface area contributed by atoms with E-state index in [9.17, 15) is 0 Å². The van der Waals surface area contributed by atoms with Gasteiger partial charge in [-0.1, -0.05) is 23.2 Å². The SMILES string of the molecule is Cc1nc(-c2ncc(Cl)cc2Cl)nc2c1CCNC2. The smallest absolute Gasteiger partial charge is 0.180 e. The van der Waals surface area contributed by atoms with E-state index in [1.165, 1.54) is 5.56 Å². The molecule has 4 nitrogen and oxygen atoms in total. The van der Waals surface area contributed by atoms with Crippen LogP contribution in [-0.4, -0.2) is 21.5 Å². The first-order chi connectivity index (χ1) is 9.15. The van der Waals surface area contributed by atoms with Gasteiger partial charge in [-0.2, -0.15) is 0 Å². The first kappa shape index (κ1) is 12.8. The fourth-order valence-corrected chi connectivity index (χ4v) is 2.70. The second-order valence-corrected chi connectivity index (χ2v) is 5.31. The summed E-state index contributed by atoms with van der Waals surface area (Å²) in [5, 5.41) is 4.28. The predicted octanol–water partition coefficient (Wildman–Crippen LogP) is 2.80. The van der Waals surface area contributed by atoms with Crippen LogP contribution in [0.4, 0.5) is 0 Å². The van der Waals surface area contributed by atoms with Crippen molar-refractivity contribution in [3.05, 3.63) is 39.3 Å². The van der Waals surface area contributed by atoms with Gasteiger partial charge < -0.3 is 5.32 Å². The first-order valence-corrected chi connectivity index (χ1v) is 6.79. The zero-order chi connectivity index (χ0) is 13.4. The Morgan fingerprint density at radius 2 is 2.11 bits per heavy atom. The quantitative estimate of drug-likeness (QED) is 0.879. The fourth-order valence-electron chi connectivity index (χ4n) is 2.23. The number of nitrogens with one attached hydrogen (secondary N) is 1. The monoisotopic (exact) mass is 294 g/mol. The summed E-state index contributed by atoms with van der Waals surface area (Å²) in [5.74, 6) is 0.557. The molecule has 19 heavy (non-hydrogen) atoms. The van der Waals surface area contributed by atoms with E-state index in [1.54, 1.807) is 12.3 Å². The van der Waals surface area contributed by atoms with Crippen molar-refractivity contribution in [3.8, 4) is 11.5 Å². The van der Waals surface area contributed by atoms with Gasteiger partial charge in [0.05, 0.1) is 15.7 Å². The van der Waals surface area contributed by atoms with Crippen molar-refractivity contribution in [1.29, 1.82) is 0 Å². The molecular formula is C13H12Cl2N4. The fraction of sp³-hybridized carbons (Fsp3) is 0.308. The van der Waals surface area contributed by atoms with Gasteiger partial charge in [0, 0.05) is 18.4 Å². The maximum absolute atomic E-state index is 6.16. The van der Waals surface area contributed by atoms with Crippen molar-refractivity contribution < 1.29 is 0 Å². The summed E-state index contributed by atoms with van der Waals surface area (Å²) in [5.41, 5.74) is 3.83. The van der Waals surface area contributed by atoms with E-state index in [1.807, 2.05) is 6.92 Å². The Morgan fingerprint density at radius 1 is 1.26 bits per heavy atom. The molecule has 0 spiro atoms. The van der Waals surface area contributed by atoms with Crippen molar-refractivity contribution in [3.63, 3.8) is 0 Å². The lowest BCUT2D eigenvalue weighted by Gasteiger charge is -2.18. The minimum absolute atomic E-state index is 0.468. The summed E-state index contributed by atoms with van der Waals surface area (Å²) in [6.07, 6.45) is 2.52. The molecule has 3 rings (SSSR count). The topological polar surface area (TPSA) is 50.7 Å². The summed E-state index contributed by atoms with van der Waals surface area (Å²) in [4.78, 5) is 13.3. The van der Waals surface area contributed by atoms with Gasteiger partial charge in [-0.05, 0) is 31.5 Å². The number of nitrogens with zero attached hydrogens (tertiary/aromatic N) is 3. The second-order valence-electron chi connectivity index (χ2n) is 4.47. The Morgan fingerprint density at radius 3 is 2.89 bits per heavy atom. The Balaban J connectivity index is 2.13. The highest BCUT2D eigenvalue weighted by Crippen LogP contribution is 2.27. The van der Waals surface area contributed by atoms with Gasteiger partial charge in [-0.25, -0.2) is 15.0 Å². The number of hydrogen-bond donors (Lipinski definition) is 1. The molecule has 0 aliphatic carbocycles. The number of fused-ring (bicyclic) bond motifs is 1. The summed E-state index contributed by atoms with van der Waals surface area (Å²) in [7, 11) is 0. The minimum atomic E-state index is 0.468. The van der Waals surface area contributed by atoms with Crippen LogP contribution in [0.2, 0.25) is 10.0 Å². The summed E-state index contributed by atoms with van der Waals surface area (Å²) in [6.45, 7) is 3.73. The van der Waals surface area contributed by atoms with Crippen LogP contribution >= 0.6 is 23.2 Å². The Kier molecular flexibility index (Phi) is 3.39. The molecule has 2 aromatic heterocycles. The average Bonchev–Trinajstić information content (AvgIpc) is 2.38. The van der Waals surface area contributed by atoms with Gasteiger partial charge in [0.25, 0.3) is 0 Å². The molecule has 0 radical (unpaired) electrons. The molecule has 0 bridgehead atoms. The molecule has 98 valence electrons. The number of rotatable bonds is 1. The lowest BCUT2D eigenvalue weighted by atomic mass is 10.0. The number of pyridine rings is 1. The van der Waals surface area contributed by atoms with Crippen molar-refractivity contribution in [2.45, 2.75) is 19.9 Å². The lowest BCUT2D eigenvalue weighted by Crippen LogP contribution is -2.26. The normalized spacial score (nSPS) is 14.3. The standard InChI is InChI=1S/C13H12Cl2N4/c1-7-9-2-3-16-6-11(9)19-13(18-7)12-10(15)4-8(14)5-17-12/h4-5,16H,2-3,6H2,1H3. The number of halogens is 2. The zero-order valence-corrected chi connectivity index (χ0v) is 11.9. The van der Waals surface area contributed by atoms with E-state index in [-0.39, 0.29) is 0 Å². The van der Waals surface area contributed by atoms with Crippen LogP contribution in [0.25, 0.3) is 11.5 Å². The van der Waals surface area contributed by atoms with Crippen LogP contribution < -0.4 is 5.32 Å². The molecule has 1 N–H and O–H groups in total. The summed E-state index contributed by atoms with van der Waals surface area (Å²) in [6, 6.07) is 1.65. The zero-order valence-electron chi connectivity index (χ0n) is 10.4. The van der Waals surface area contributed by atoms with E-state index < -0.39 is 0 Å². The molecule has 1 aliphatic heterocycles. The molecule has 0 aromatic carbocycles. The second kappa shape index (κ2) is 5.04. The van der Waals surface area contributed by atoms with E-state index in [2.05, 4.69) is 20.3 Å². The van der Waals surface area contributed by atoms with Crippen LogP contribution in [0.5, 0.6) is 0 Å². The third kappa shape index (κ3) is 2.43. The molecule has 0 amide bonds. The van der Waals surface area contributed by atoms with Crippen LogP contribution in [0, 0.1) is 6.92 Å². The van der Waals surface area contributed by atoms with Crippen LogP contribution in [0.15, 0.2) is 12.3 Å². The third-order valence-electron chi connectivity index (χ3n) is 3.16. The highest BCUT2D eigenvalue weighted by atomic mass is 35.5. The molecule has 2 aromatic rings. The van der Waals surface area contributed by atoms with Gasteiger partial charge in [-0.3, -0.25) is 0 Å². The van der Waals surface area contributed by atoms with Gasteiger partial charge in [0.1, 0.15) is 5.69 Å². The highest BCUT2D eigenvalue weighted by molar-refractivity contribution is 6.35. The number of aromatic nitrogens is 3. The predicted molar refractivity (Wildman–Crippen MR) is 75.4 cm³/mol. The van der Waals surface area contributed by atoms with Crippen LogP contribution in [0.1, 0.15) is 17.0 Å².